The standard InChI is InChI=1S/C23H31N3O3/c24-15-9-14-23(22(25)29,26-16-7-8-17-27)21(28)20(18-10-3-1-4-11-18)19-12-5-2-6-13-19/h1-6,10-13,20,26-27H,7-9,14-17,24H2,(H2,25,29)/t23-/m1/s1. The fourth-order valence-corrected chi connectivity index (χ4v) is 3.57. The fourth-order valence-electron chi connectivity index (χ4n) is 3.57. The summed E-state index contributed by atoms with van der Waals surface area (Å²) in [5, 5.41) is 12.2. The van der Waals surface area contributed by atoms with Gasteiger partial charge in [-0.1, -0.05) is 60.7 Å². The molecule has 1 atom stereocenters. The van der Waals surface area contributed by atoms with Gasteiger partial charge in [0.2, 0.25) is 5.91 Å². The molecule has 2 rings (SSSR count). The molecule has 6 heteroatoms. The van der Waals surface area contributed by atoms with Crippen LogP contribution in [0.2, 0.25) is 0 Å². The molecule has 29 heavy (non-hydrogen) atoms. The normalized spacial score (nSPS) is 13.2. The van der Waals surface area contributed by atoms with Crippen molar-refractivity contribution in [1.82, 2.24) is 5.32 Å². The Bertz CT molecular complexity index is 728. The maximum atomic E-state index is 13.9. The highest BCUT2D eigenvalue weighted by molar-refractivity contribution is 6.13. The number of carbonyl (C=O) groups is 2. The molecular formula is C23H31N3O3. The smallest absolute Gasteiger partial charge is 0.245 e. The summed E-state index contributed by atoms with van der Waals surface area (Å²) >= 11 is 0. The minimum atomic E-state index is -1.52. The van der Waals surface area contributed by atoms with Gasteiger partial charge >= 0.3 is 0 Å². The van der Waals surface area contributed by atoms with E-state index in [0.717, 1.165) is 11.1 Å². The lowest BCUT2D eigenvalue weighted by Crippen LogP contribution is -2.62. The number of aliphatic hydroxyl groups excluding tert-OH is 1. The van der Waals surface area contributed by atoms with Crippen molar-refractivity contribution in [3.63, 3.8) is 0 Å². The molecule has 0 aromatic heterocycles. The lowest BCUT2D eigenvalue weighted by atomic mass is 9.75. The summed E-state index contributed by atoms with van der Waals surface area (Å²) < 4.78 is 0. The molecule has 0 radical (unpaired) electrons. The Kier molecular flexibility index (Phi) is 8.99. The summed E-state index contributed by atoms with van der Waals surface area (Å²) in [5.41, 5.74) is 11.6. The molecule has 0 heterocycles. The second kappa shape index (κ2) is 11.5. The van der Waals surface area contributed by atoms with Gasteiger partial charge in [-0.05, 0) is 49.9 Å². The average molecular weight is 398 g/mol. The van der Waals surface area contributed by atoms with E-state index in [4.69, 9.17) is 16.6 Å². The Morgan fingerprint density at radius 2 is 1.48 bits per heavy atom. The highest BCUT2D eigenvalue weighted by Gasteiger charge is 2.46. The number of primary amides is 1. The second-order valence-electron chi connectivity index (χ2n) is 7.14. The molecule has 0 saturated carbocycles. The maximum Gasteiger partial charge on any atom is 0.245 e. The quantitative estimate of drug-likeness (QED) is 0.303. The Balaban J connectivity index is 2.49. The molecule has 0 bridgehead atoms. The number of aliphatic hydroxyl groups is 1. The number of nitrogens with one attached hydrogen (secondary N) is 1. The van der Waals surface area contributed by atoms with Gasteiger partial charge in [0.15, 0.2) is 11.3 Å². The summed E-state index contributed by atoms with van der Waals surface area (Å²) in [6.07, 6.45) is 1.92. The molecule has 0 aliphatic rings. The molecule has 0 aliphatic carbocycles. The number of hydrogen-bond donors (Lipinski definition) is 4. The monoisotopic (exact) mass is 397 g/mol. The number of unbranched alkanes of at least 4 members (excludes halogenated alkanes) is 1. The van der Waals surface area contributed by atoms with Crippen molar-refractivity contribution in [2.45, 2.75) is 37.1 Å². The number of rotatable bonds is 13. The van der Waals surface area contributed by atoms with Crippen LogP contribution in [-0.2, 0) is 9.59 Å². The summed E-state index contributed by atoms with van der Waals surface area (Å²) in [7, 11) is 0. The van der Waals surface area contributed by atoms with Gasteiger partial charge in [0.1, 0.15) is 0 Å². The van der Waals surface area contributed by atoms with Crippen molar-refractivity contribution in [3.8, 4) is 0 Å². The second-order valence-corrected chi connectivity index (χ2v) is 7.14. The fraction of sp³-hybridized carbons (Fsp3) is 0.391. The minimum absolute atomic E-state index is 0.0542. The molecular weight excluding hydrogens is 366 g/mol. The predicted octanol–water partition coefficient (Wildman–Crippen LogP) is 1.71. The van der Waals surface area contributed by atoms with Gasteiger partial charge in [0.05, 0.1) is 5.92 Å². The third-order valence-corrected chi connectivity index (χ3v) is 5.14. The van der Waals surface area contributed by atoms with Crippen LogP contribution in [0, 0.1) is 0 Å². The number of carbonyl (C=O) groups excluding carboxylic acids is 2. The summed E-state index contributed by atoms with van der Waals surface area (Å²) in [6.45, 7) is 0.802. The van der Waals surface area contributed by atoms with Gasteiger partial charge in [-0.25, -0.2) is 0 Å². The molecule has 156 valence electrons. The van der Waals surface area contributed by atoms with Crippen LogP contribution in [0.15, 0.2) is 60.7 Å². The van der Waals surface area contributed by atoms with Crippen LogP contribution >= 0.6 is 0 Å². The first-order chi connectivity index (χ1) is 14.1. The van der Waals surface area contributed by atoms with E-state index in [1.807, 2.05) is 60.7 Å². The van der Waals surface area contributed by atoms with Crippen molar-refractivity contribution < 1.29 is 14.7 Å². The first kappa shape index (κ1) is 22.7. The van der Waals surface area contributed by atoms with Crippen LogP contribution in [0.3, 0.4) is 0 Å². The maximum absolute atomic E-state index is 13.9. The van der Waals surface area contributed by atoms with Crippen molar-refractivity contribution in [2.24, 2.45) is 11.5 Å². The van der Waals surface area contributed by atoms with Gasteiger partial charge in [-0.15, -0.1) is 0 Å². The molecule has 0 fully saturated rings. The zero-order valence-electron chi connectivity index (χ0n) is 16.7. The van der Waals surface area contributed by atoms with E-state index in [9.17, 15) is 9.59 Å². The van der Waals surface area contributed by atoms with Crippen molar-refractivity contribution in [2.75, 3.05) is 19.7 Å². The van der Waals surface area contributed by atoms with Crippen LogP contribution in [0.5, 0.6) is 0 Å². The zero-order valence-corrected chi connectivity index (χ0v) is 16.7. The molecule has 0 spiro atoms. The first-order valence-electron chi connectivity index (χ1n) is 10.1. The minimum Gasteiger partial charge on any atom is -0.396 e. The molecule has 6 nitrogen and oxygen atoms in total. The molecule has 1 amide bonds. The largest absolute Gasteiger partial charge is 0.396 e. The van der Waals surface area contributed by atoms with Crippen LogP contribution < -0.4 is 16.8 Å². The van der Waals surface area contributed by atoms with E-state index in [1.54, 1.807) is 0 Å². The number of benzene rings is 2. The van der Waals surface area contributed by atoms with E-state index >= 15 is 0 Å². The molecule has 6 N–H and O–H groups in total. The van der Waals surface area contributed by atoms with E-state index in [1.165, 1.54) is 0 Å². The zero-order chi connectivity index (χ0) is 21.1. The average Bonchev–Trinajstić information content (AvgIpc) is 2.75. The SMILES string of the molecule is NCCC[C@](NCCCCO)(C(N)=O)C(=O)C(c1ccccc1)c1ccccc1. The van der Waals surface area contributed by atoms with Gasteiger partial charge in [0.25, 0.3) is 0 Å². The van der Waals surface area contributed by atoms with E-state index < -0.39 is 17.4 Å². The summed E-state index contributed by atoms with van der Waals surface area (Å²) in [6, 6.07) is 18.8. The Hall–Kier alpha value is -2.54. The number of nitrogens with two attached hydrogens (primary N) is 2. The van der Waals surface area contributed by atoms with Gasteiger partial charge in [0, 0.05) is 6.61 Å². The number of amides is 1. The highest BCUT2D eigenvalue weighted by Crippen LogP contribution is 2.32. The topological polar surface area (TPSA) is 118 Å². The molecule has 0 unspecified atom stereocenters. The van der Waals surface area contributed by atoms with Gasteiger partial charge in [-0.3, -0.25) is 14.9 Å². The van der Waals surface area contributed by atoms with Crippen LogP contribution in [0.4, 0.5) is 0 Å². The lowest BCUT2D eigenvalue weighted by Gasteiger charge is -2.34. The Labute approximate surface area is 172 Å². The van der Waals surface area contributed by atoms with Gasteiger partial charge < -0.3 is 16.6 Å². The van der Waals surface area contributed by atoms with Crippen LogP contribution in [0.1, 0.15) is 42.7 Å². The van der Waals surface area contributed by atoms with Crippen LogP contribution in [-0.4, -0.2) is 42.0 Å². The van der Waals surface area contributed by atoms with Crippen molar-refractivity contribution >= 4 is 11.7 Å². The molecule has 0 aliphatic heterocycles. The summed E-state index contributed by atoms with van der Waals surface area (Å²) in [4.78, 5) is 26.6. The molecule has 2 aromatic rings. The summed E-state index contributed by atoms with van der Waals surface area (Å²) in [5.74, 6) is -1.61. The Morgan fingerprint density at radius 3 is 1.93 bits per heavy atom. The third kappa shape index (κ3) is 5.73. The van der Waals surface area contributed by atoms with E-state index in [-0.39, 0.29) is 18.8 Å². The number of hydrogen-bond acceptors (Lipinski definition) is 5. The highest BCUT2D eigenvalue weighted by atomic mass is 16.3. The lowest BCUT2D eigenvalue weighted by molar-refractivity contribution is -0.136. The predicted molar refractivity (Wildman–Crippen MR) is 114 cm³/mol. The van der Waals surface area contributed by atoms with Crippen LogP contribution in [0.25, 0.3) is 0 Å². The Morgan fingerprint density at radius 1 is 0.931 bits per heavy atom. The van der Waals surface area contributed by atoms with Crippen molar-refractivity contribution in [3.05, 3.63) is 71.8 Å². The number of ketones is 1. The van der Waals surface area contributed by atoms with Crippen molar-refractivity contribution in [1.29, 1.82) is 0 Å². The van der Waals surface area contributed by atoms with Gasteiger partial charge in [-0.2, -0.15) is 0 Å². The first-order valence-corrected chi connectivity index (χ1v) is 10.1. The van der Waals surface area contributed by atoms with E-state index in [2.05, 4.69) is 5.32 Å². The molecule has 0 saturated heterocycles. The molecule has 2 aromatic carbocycles. The number of Topliss-reactive ketones (excluding diaryl/α,β-unsaturated/α-hetero) is 1. The third-order valence-electron chi connectivity index (χ3n) is 5.14. The van der Waals surface area contributed by atoms with E-state index in [0.29, 0.717) is 32.4 Å².